The van der Waals surface area contributed by atoms with E-state index in [2.05, 4.69) is 34.2 Å². The SMILES string of the molecule is CC(NCc1ccc(Br)c(Cl)c1)c1ccc(Cl)cc1. The molecule has 2 rings (SSSR count). The van der Waals surface area contributed by atoms with Crippen LogP contribution >= 0.6 is 39.1 Å². The van der Waals surface area contributed by atoms with E-state index in [1.165, 1.54) is 5.56 Å². The molecule has 0 aliphatic heterocycles. The summed E-state index contributed by atoms with van der Waals surface area (Å²) < 4.78 is 0.920. The quantitative estimate of drug-likeness (QED) is 0.749. The molecule has 0 heterocycles. The highest BCUT2D eigenvalue weighted by atomic mass is 79.9. The minimum atomic E-state index is 0.264. The molecular weight excluding hydrogens is 345 g/mol. The van der Waals surface area contributed by atoms with Crippen molar-refractivity contribution in [2.75, 3.05) is 0 Å². The van der Waals surface area contributed by atoms with Gasteiger partial charge in [-0.1, -0.05) is 41.4 Å². The van der Waals surface area contributed by atoms with Crippen LogP contribution in [0.5, 0.6) is 0 Å². The molecule has 2 aromatic rings. The molecule has 0 amide bonds. The topological polar surface area (TPSA) is 12.0 Å². The van der Waals surface area contributed by atoms with E-state index in [-0.39, 0.29) is 6.04 Å². The Hall–Kier alpha value is -0.540. The Balaban J connectivity index is 1.98. The number of hydrogen-bond acceptors (Lipinski definition) is 1. The van der Waals surface area contributed by atoms with Gasteiger partial charge in [-0.2, -0.15) is 0 Å². The van der Waals surface area contributed by atoms with Crippen LogP contribution in [-0.2, 0) is 6.54 Å². The Morgan fingerprint density at radius 2 is 1.79 bits per heavy atom. The summed E-state index contributed by atoms with van der Waals surface area (Å²) in [5.41, 5.74) is 2.38. The molecule has 0 aliphatic carbocycles. The van der Waals surface area contributed by atoms with Crippen LogP contribution in [0.25, 0.3) is 0 Å². The maximum atomic E-state index is 6.07. The lowest BCUT2D eigenvalue weighted by molar-refractivity contribution is 0.575. The van der Waals surface area contributed by atoms with Gasteiger partial charge in [0, 0.05) is 22.1 Å². The number of hydrogen-bond donors (Lipinski definition) is 1. The molecule has 19 heavy (non-hydrogen) atoms. The zero-order chi connectivity index (χ0) is 13.8. The van der Waals surface area contributed by atoms with Gasteiger partial charge >= 0.3 is 0 Å². The van der Waals surface area contributed by atoms with Gasteiger partial charge in [-0.25, -0.2) is 0 Å². The Morgan fingerprint density at radius 3 is 2.42 bits per heavy atom. The van der Waals surface area contributed by atoms with E-state index < -0.39 is 0 Å². The highest BCUT2D eigenvalue weighted by molar-refractivity contribution is 9.10. The number of nitrogens with one attached hydrogen (secondary N) is 1. The first-order valence-corrected chi connectivity index (χ1v) is 7.54. The average molecular weight is 359 g/mol. The summed E-state index contributed by atoms with van der Waals surface area (Å²) in [4.78, 5) is 0. The highest BCUT2D eigenvalue weighted by Gasteiger charge is 2.05. The van der Waals surface area contributed by atoms with Crippen molar-refractivity contribution in [3.8, 4) is 0 Å². The normalized spacial score (nSPS) is 12.4. The minimum absolute atomic E-state index is 0.264. The van der Waals surface area contributed by atoms with E-state index in [1.807, 2.05) is 36.4 Å². The van der Waals surface area contributed by atoms with Gasteiger partial charge in [0.25, 0.3) is 0 Å². The lowest BCUT2D eigenvalue weighted by Gasteiger charge is -2.14. The van der Waals surface area contributed by atoms with Crippen molar-refractivity contribution in [2.45, 2.75) is 19.5 Å². The van der Waals surface area contributed by atoms with Gasteiger partial charge in [0.2, 0.25) is 0 Å². The molecule has 0 spiro atoms. The van der Waals surface area contributed by atoms with Crippen LogP contribution in [0.1, 0.15) is 24.1 Å². The van der Waals surface area contributed by atoms with Crippen molar-refractivity contribution in [1.82, 2.24) is 5.32 Å². The maximum Gasteiger partial charge on any atom is 0.0551 e. The molecule has 0 radical (unpaired) electrons. The summed E-state index contributed by atoms with van der Waals surface area (Å²) in [5, 5.41) is 4.96. The molecule has 0 aliphatic rings. The summed E-state index contributed by atoms with van der Waals surface area (Å²) in [5.74, 6) is 0. The van der Waals surface area contributed by atoms with E-state index >= 15 is 0 Å². The van der Waals surface area contributed by atoms with Gasteiger partial charge in [0.1, 0.15) is 0 Å². The monoisotopic (exact) mass is 357 g/mol. The van der Waals surface area contributed by atoms with E-state index in [4.69, 9.17) is 23.2 Å². The minimum Gasteiger partial charge on any atom is -0.306 e. The molecule has 1 N–H and O–H groups in total. The number of rotatable bonds is 4. The molecule has 4 heteroatoms. The van der Waals surface area contributed by atoms with E-state index in [9.17, 15) is 0 Å². The molecule has 0 bridgehead atoms. The average Bonchev–Trinajstić information content (AvgIpc) is 2.40. The lowest BCUT2D eigenvalue weighted by atomic mass is 10.1. The van der Waals surface area contributed by atoms with Crippen molar-refractivity contribution >= 4 is 39.1 Å². The second kappa shape index (κ2) is 6.76. The third-order valence-corrected chi connectivity index (χ3v) is 4.45. The van der Waals surface area contributed by atoms with Gasteiger partial charge in [0.05, 0.1) is 5.02 Å². The van der Waals surface area contributed by atoms with Crippen molar-refractivity contribution in [1.29, 1.82) is 0 Å². The molecule has 2 aromatic carbocycles. The fourth-order valence-corrected chi connectivity index (χ4v) is 2.37. The standard InChI is InChI=1S/C15H14BrCl2N/c1-10(12-3-5-13(17)6-4-12)19-9-11-2-7-14(16)15(18)8-11/h2-8,10,19H,9H2,1H3. The van der Waals surface area contributed by atoms with Crippen LogP contribution in [0.2, 0.25) is 10.0 Å². The predicted molar refractivity (Wildman–Crippen MR) is 85.9 cm³/mol. The first kappa shape index (κ1) is 14.9. The largest absolute Gasteiger partial charge is 0.306 e. The molecule has 1 unspecified atom stereocenters. The van der Waals surface area contributed by atoms with E-state index in [1.54, 1.807) is 0 Å². The molecule has 0 fully saturated rings. The van der Waals surface area contributed by atoms with Crippen LogP contribution < -0.4 is 5.32 Å². The third-order valence-electron chi connectivity index (χ3n) is 2.97. The van der Waals surface area contributed by atoms with Crippen molar-refractivity contribution in [2.24, 2.45) is 0 Å². The second-order valence-electron chi connectivity index (χ2n) is 4.40. The number of benzene rings is 2. The van der Waals surface area contributed by atoms with E-state index in [0.29, 0.717) is 0 Å². The summed E-state index contributed by atoms with van der Waals surface area (Å²) in [7, 11) is 0. The van der Waals surface area contributed by atoms with Crippen LogP contribution in [0, 0.1) is 0 Å². The summed E-state index contributed by atoms with van der Waals surface area (Å²) in [6.45, 7) is 2.90. The van der Waals surface area contributed by atoms with Crippen LogP contribution in [0.15, 0.2) is 46.9 Å². The molecule has 0 saturated heterocycles. The van der Waals surface area contributed by atoms with Crippen LogP contribution in [0.3, 0.4) is 0 Å². The fraction of sp³-hybridized carbons (Fsp3) is 0.200. The molecule has 1 nitrogen and oxygen atoms in total. The summed E-state index contributed by atoms with van der Waals surface area (Å²) in [6, 6.07) is 14.1. The van der Waals surface area contributed by atoms with Crippen molar-refractivity contribution in [3.63, 3.8) is 0 Å². The van der Waals surface area contributed by atoms with Gasteiger partial charge < -0.3 is 5.32 Å². The van der Waals surface area contributed by atoms with Gasteiger partial charge in [-0.3, -0.25) is 0 Å². The Morgan fingerprint density at radius 1 is 1.11 bits per heavy atom. The van der Waals surface area contributed by atoms with Crippen molar-refractivity contribution in [3.05, 3.63) is 68.1 Å². The molecule has 100 valence electrons. The Kier molecular flexibility index (Phi) is 5.28. The smallest absolute Gasteiger partial charge is 0.0551 e. The zero-order valence-electron chi connectivity index (χ0n) is 10.5. The number of halogens is 3. The highest BCUT2D eigenvalue weighted by Crippen LogP contribution is 2.23. The molecule has 0 aromatic heterocycles. The van der Waals surface area contributed by atoms with Gasteiger partial charge in [-0.15, -0.1) is 0 Å². The Labute approximate surface area is 132 Å². The molecule has 0 saturated carbocycles. The maximum absolute atomic E-state index is 6.07. The van der Waals surface area contributed by atoms with Crippen LogP contribution in [0.4, 0.5) is 0 Å². The second-order valence-corrected chi connectivity index (χ2v) is 6.10. The van der Waals surface area contributed by atoms with E-state index in [0.717, 1.165) is 26.6 Å². The lowest BCUT2D eigenvalue weighted by Crippen LogP contribution is -2.17. The summed E-state index contributed by atoms with van der Waals surface area (Å²) in [6.07, 6.45) is 0. The molecule has 1 atom stereocenters. The third kappa shape index (κ3) is 4.22. The predicted octanol–water partition coefficient (Wildman–Crippen LogP) is 5.61. The summed E-state index contributed by atoms with van der Waals surface area (Å²) >= 11 is 15.3. The Bertz CT molecular complexity index is 555. The van der Waals surface area contributed by atoms with Crippen LogP contribution in [-0.4, -0.2) is 0 Å². The zero-order valence-corrected chi connectivity index (χ0v) is 13.6. The van der Waals surface area contributed by atoms with Crippen molar-refractivity contribution < 1.29 is 0 Å². The van der Waals surface area contributed by atoms with Gasteiger partial charge in [-0.05, 0) is 58.2 Å². The first-order valence-electron chi connectivity index (χ1n) is 5.99. The van der Waals surface area contributed by atoms with Gasteiger partial charge in [0.15, 0.2) is 0 Å². The first-order chi connectivity index (χ1) is 9.06. The molecular formula is C15H14BrCl2N. The fourth-order valence-electron chi connectivity index (χ4n) is 1.79.